The Bertz CT molecular complexity index is 494. The predicted octanol–water partition coefficient (Wildman–Crippen LogP) is 0.505. The Balaban J connectivity index is 2.89. The van der Waals surface area contributed by atoms with Crippen LogP contribution in [0.2, 0.25) is 0 Å². The van der Waals surface area contributed by atoms with E-state index < -0.39 is 11.9 Å². The number of nitrogen functional groups attached to an aromatic ring is 1. The quantitative estimate of drug-likeness (QED) is 0.340. The number of hydrogen-bond acceptors (Lipinski definition) is 6. The van der Waals surface area contributed by atoms with Gasteiger partial charge in [0.25, 0.3) is 0 Å². The Hall–Kier alpha value is -2.57. The molecule has 0 fully saturated rings. The predicted molar refractivity (Wildman–Crippen MR) is 72.4 cm³/mol. The maximum atomic E-state index is 11.7. The van der Waals surface area contributed by atoms with Crippen molar-refractivity contribution in [1.82, 2.24) is 0 Å². The largest absolute Gasteiger partial charge is 0.462 e. The minimum absolute atomic E-state index is 0.167. The van der Waals surface area contributed by atoms with Gasteiger partial charge in [-0.2, -0.15) is 0 Å². The van der Waals surface area contributed by atoms with Gasteiger partial charge < -0.3 is 15.2 Å². The van der Waals surface area contributed by atoms with E-state index in [1.54, 1.807) is 32.0 Å². The van der Waals surface area contributed by atoms with Gasteiger partial charge in [0.1, 0.15) is 0 Å². The monoisotopic (exact) mass is 280 g/mol. The molecule has 4 N–H and O–H groups in total. The van der Waals surface area contributed by atoms with Gasteiger partial charge in [-0.05, 0) is 19.9 Å². The third kappa shape index (κ3) is 4.60. The molecule has 0 atom stereocenters. The zero-order valence-electron chi connectivity index (χ0n) is 11.4. The van der Waals surface area contributed by atoms with Crippen molar-refractivity contribution < 1.29 is 24.0 Å². The van der Waals surface area contributed by atoms with E-state index in [9.17, 15) is 9.59 Å². The number of aromatic nitrogens is 1. The number of nitrogens with two attached hydrogens (primary N) is 1. The Morgan fingerprint density at radius 3 is 2.35 bits per heavy atom. The lowest BCUT2D eigenvalue weighted by atomic mass is 10.3. The third-order valence-corrected chi connectivity index (χ3v) is 2.18. The molecule has 1 rings (SSSR count). The maximum Gasteiger partial charge on any atom is 0.348 e. The number of aromatic amines is 1. The summed E-state index contributed by atoms with van der Waals surface area (Å²) in [6, 6.07) is 5.09. The molecule has 0 aromatic carbocycles. The van der Waals surface area contributed by atoms with Crippen LogP contribution >= 0.6 is 0 Å². The van der Waals surface area contributed by atoms with Crippen molar-refractivity contribution in [3.8, 4) is 0 Å². The number of H-pyrrole nitrogens is 1. The maximum absolute atomic E-state index is 11.7. The molecule has 7 heteroatoms. The van der Waals surface area contributed by atoms with E-state index in [1.165, 1.54) is 6.20 Å². The molecule has 108 valence electrons. The normalized spacial score (nSPS) is 9.50. The Morgan fingerprint density at radius 1 is 1.25 bits per heavy atom. The Labute approximate surface area is 116 Å². The van der Waals surface area contributed by atoms with Gasteiger partial charge in [0.15, 0.2) is 5.57 Å². The number of pyridine rings is 1. The molecule has 0 unspecified atom stereocenters. The summed E-state index contributed by atoms with van der Waals surface area (Å²) in [6.07, 6.45) is 1.22. The first-order chi connectivity index (χ1) is 9.58. The van der Waals surface area contributed by atoms with Gasteiger partial charge in [-0.25, -0.2) is 14.6 Å². The van der Waals surface area contributed by atoms with E-state index in [0.717, 1.165) is 0 Å². The van der Waals surface area contributed by atoms with Crippen LogP contribution in [0, 0.1) is 0 Å². The fraction of sp³-hybridized carbons (Fsp3) is 0.308. The fourth-order valence-corrected chi connectivity index (χ4v) is 1.34. The molecule has 1 heterocycles. The summed E-state index contributed by atoms with van der Waals surface area (Å²) >= 11 is 0. The van der Waals surface area contributed by atoms with Crippen LogP contribution in [-0.4, -0.2) is 25.2 Å². The molecule has 0 spiro atoms. The number of carbonyl (C=O) groups excluding carboxylic acids is 2. The van der Waals surface area contributed by atoms with Gasteiger partial charge >= 0.3 is 11.9 Å². The highest BCUT2D eigenvalue weighted by Gasteiger charge is 2.22. The molecule has 0 bridgehead atoms. The van der Waals surface area contributed by atoms with Crippen LogP contribution in [0.3, 0.4) is 0 Å². The lowest BCUT2D eigenvalue weighted by molar-refractivity contribution is -0.342. The molecule has 0 amide bonds. The van der Waals surface area contributed by atoms with E-state index >= 15 is 0 Å². The van der Waals surface area contributed by atoms with E-state index in [0.29, 0.717) is 11.6 Å². The first kappa shape index (κ1) is 15.5. The van der Waals surface area contributed by atoms with Crippen LogP contribution in [0.5, 0.6) is 0 Å². The second kappa shape index (κ2) is 7.78. The molecule has 0 aliphatic carbocycles. The second-order valence-corrected chi connectivity index (χ2v) is 3.66. The van der Waals surface area contributed by atoms with Crippen LogP contribution in [0.1, 0.15) is 13.8 Å². The molecule has 0 saturated carbocycles. The molecule has 1 aromatic rings. The molecule has 20 heavy (non-hydrogen) atoms. The highest BCUT2D eigenvalue weighted by atomic mass is 16.6. The number of esters is 2. The van der Waals surface area contributed by atoms with Crippen molar-refractivity contribution in [1.29, 1.82) is 0 Å². The summed E-state index contributed by atoms with van der Waals surface area (Å²) in [5.41, 5.74) is 5.36. The number of carbonyl (C=O) groups is 2. The van der Waals surface area contributed by atoms with Gasteiger partial charge in [-0.15, -0.1) is 0 Å². The van der Waals surface area contributed by atoms with Gasteiger partial charge in [0.05, 0.1) is 19.4 Å². The van der Waals surface area contributed by atoms with Crippen molar-refractivity contribution in [3.05, 3.63) is 30.0 Å². The lowest BCUT2D eigenvalue weighted by Gasteiger charge is -2.05. The number of anilines is 2. The van der Waals surface area contributed by atoms with Crippen LogP contribution in [0.4, 0.5) is 11.6 Å². The van der Waals surface area contributed by atoms with Crippen LogP contribution in [-0.2, 0) is 19.1 Å². The molecule has 0 saturated heterocycles. The van der Waals surface area contributed by atoms with Gasteiger partial charge in [0.2, 0.25) is 11.6 Å². The van der Waals surface area contributed by atoms with Crippen LogP contribution in [0.15, 0.2) is 30.0 Å². The number of nitrogens with one attached hydrogen (secondary N) is 2. The zero-order chi connectivity index (χ0) is 15.0. The average Bonchev–Trinajstić information content (AvgIpc) is 2.39. The van der Waals surface area contributed by atoms with Gasteiger partial charge in [-0.1, -0.05) is 0 Å². The standard InChI is InChI=1S/C13H17N3O4/c1-3-19-12(17)9(13(18)20-4-2)8-15-11-7-5-6-10(14)16-11/h5-8H,3-4H2,1-2H3,(H3,14,15,16)/p+1. The summed E-state index contributed by atoms with van der Waals surface area (Å²) in [5, 5.41) is 2.76. The SMILES string of the molecule is CCOC(=O)C(=CNc1cccc(N)[nH+]1)C(=O)OCC. The topological polar surface area (TPSA) is 105 Å². The van der Waals surface area contributed by atoms with Crippen LogP contribution in [0.25, 0.3) is 0 Å². The Morgan fingerprint density at radius 2 is 1.85 bits per heavy atom. The average molecular weight is 280 g/mol. The van der Waals surface area contributed by atoms with Crippen LogP contribution < -0.4 is 16.0 Å². The summed E-state index contributed by atoms with van der Waals surface area (Å²) in [7, 11) is 0. The highest BCUT2D eigenvalue weighted by Crippen LogP contribution is 2.05. The van der Waals surface area contributed by atoms with E-state index in [4.69, 9.17) is 15.2 Å². The van der Waals surface area contributed by atoms with Crippen molar-refractivity contribution in [2.45, 2.75) is 13.8 Å². The molecule has 0 aliphatic heterocycles. The van der Waals surface area contributed by atoms with E-state index in [1.807, 2.05) is 0 Å². The summed E-state index contributed by atoms with van der Waals surface area (Å²) in [6.45, 7) is 3.64. The van der Waals surface area contributed by atoms with Gasteiger partial charge in [-0.3, -0.25) is 5.32 Å². The van der Waals surface area contributed by atoms with E-state index in [-0.39, 0.29) is 18.8 Å². The summed E-state index contributed by atoms with van der Waals surface area (Å²) < 4.78 is 9.60. The molecule has 1 aromatic heterocycles. The smallest absolute Gasteiger partial charge is 0.348 e. The third-order valence-electron chi connectivity index (χ3n) is 2.18. The van der Waals surface area contributed by atoms with Crippen molar-refractivity contribution in [3.63, 3.8) is 0 Å². The van der Waals surface area contributed by atoms with Gasteiger partial charge in [0, 0.05) is 12.1 Å². The molecular formula is C13H18N3O4+. The minimum atomic E-state index is -0.748. The first-order valence-electron chi connectivity index (χ1n) is 6.17. The molecule has 7 nitrogen and oxygen atoms in total. The Kier molecular flexibility index (Phi) is 6.02. The van der Waals surface area contributed by atoms with E-state index in [2.05, 4.69) is 10.3 Å². The molecule has 0 aliphatic rings. The highest BCUT2D eigenvalue weighted by molar-refractivity contribution is 6.14. The van der Waals surface area contributed by atoms with Crippen molar-refractivity contribution in [2.75, 3.05) is 24.3 Å². The van der Waals surface area contributed by atoms with Crippen molar-refractivity contribution >= 4 is 23.6 Å². The minimum Gasteiger partial charge on any atom is -0.462 e. The number of hydrogen-bond donors (Lipinski definition) is 2. The first-order valence-corrected chi connectivity index (χ1v) is 6.17. The molecule has 0 radical (unpaired) electrons. The zero-order valence-corrected chi connectivity index (χ0v) is 11.4. The summed E-state index contributed by atoms with van der Waals surface area (Å²) in [4.78, 5) is 26.2. The summed E-state index contributed by atoms with van der Waals surface area (Å²) in [5.74, 6) is -0.530. The molecular weight excluding hydrogens is 262 g/mol. The number of rotatable bonds is 6. The number of ether oxygens (including phenoxy) is 2. The lowest BCUT2D eigenvalue weighted by Crippen LogP contribution is -2.21. The van der Waals surface area contributed by atoms with Crippen molar-refractivity contribution in [2.24, 2.45) is 0 Å². The fourth-order valence-electron chi connectivity index (χ4n) is 1.34. The second-order valence-electron chi connectivity index (χ2n) is 3.66.